The molecule has 2 aromatic rings. The summed E-state index contributed by atoms with van der Waals surface area (Å²) < 4.78 is 0. The average molecular weight is 451 g/mol. The van der Waals surface area contributed by atoms with Crippen molar-refractivity contribution in [2.75, 3.05) is 11.5 Å². The molecule has 29 heavy (non-hydrogen) atoms. The van der Waals surface area contributed by atoms with Gasteiger partial charge in [0.2, 0.25) is 11.8 Å². The molecule has 6 nitrogen and oxygen atoms in total. The fourth-order valence-electron chi connectivity index (χ4n) is 2.05. The predicted octanol–water partition coefficient (Wildman–Crippen LogP) is 4.11. The van der Waals surface area contributed by atoms with Crippen molar-refractivity contribution in [3.63, 3.8) is 0 Å². The van der Waals surface area contributed by atoms with Crippen molar-refractivity contribution in [1.82, 2.24) is 10.9 Å². The maximum atomic E-state index is 11.7. The summed E-state index contributed by atoms with van der Waals surface area (Å²) in [5.74, 6) is 0.775. The van der Waals surface area contributed by atoms with E-state index in [0.29, 0.717) is 34.4 Å². The maximum absolute atomic E-state index is 11.7. The van der Waals surface area contributed by atoms with Crippen molar-refractivity contribution in [3.05, 3.63) is 69.7 Å². The van der Waals surface area contributed by atoms with Gasteiger partial charge in [-0.1, -0.05) is 59.6 Å². The van der Waals surface area contributed by atoms with Crippen molar-refractivity contribution >= 4 is 59.2 Å². The van der Waals surface area contributed by atoms with Crippen LogP contribution in [-0.2, 0) is 9.59 Å². The molecule has 152 valence electrons. The highest BCUT2D eigenvalue weighted by molar-refractivity contribution is 7.99. The molecule has 0 heterocycles. The summed E-state index contributed by atoms with van der Waals surface area (Å²) in [7, 11) is 0. The van der Waals surface area contributed by atoms with Gasteiger partial charge in [-0.25, -0.2) is 10.9 Å². The van der Waals surface area contributed by atoms with Gasteiger partial charge >= 0.3 is 0 Å². The molecule has 0 unspecified atom stereocenters. The summed E-state index contributed by atoms with van der Waals surface area (Å²) in [6.07, 6.45) is 3.61. The first-order valence-electron chi connectivity index (χ1n) is 8.77. The fraction of sp³-hybridized carbons (Fsp3) is 0.200. The molecule has 0 atom stereocenters. The Bertz CT molecular complexity index is 819. The first-order chi connectivity index (χ1) is 14.1. The number of carbonyl (C=O) groups is 2. The smallest absolute Gasteiger partial charge is 0.240 e. The van der Waals surface area contributed by atoms with Gasteiger partial charge in [-0.05, 0) is 12.1 Å². The summed E-state index contributed by atoms with van der Waals surface area (Å²) in [6, 6.07) is 14.4. The SMILES string of the molecule is O=C(CCSCCC(=O)N/N=C\c1ccccc1Cl)N/N=C\c1ccccc1Cl. The highest BCUT2D eigenvalue weighted by atomic mass is 35.5. The standard InChI is InChI=1S/C20H20Cl2N4O2S/c21-17-7-3-1-5-15(17)13-23-25-19(27)9-11-29-12-10-20(28)26-24-14-16-6-2-4-8-18(16)22/h1-8,13-14H,9-12H2,(H,25,27)(H,26,28)/b23-13-,24-14-. The van der Waals surface area contributed by atoms with Crippen molar-refractivity contribution in [1.29, 1.82) is 0 Å². The highest BCUT2D eigenvalue weighted by Crippen LogP contribution is 2.13. The van der Waals surface area contributed by atoms with E-state index in [4.69, 9.17) is 23.2 Å². The Morgan fingerprint density at radius 1 is 0.793 bits per heavy atom. The van der Waals surface area contributed by atoms with Gasteiger partial charge in [0.05, 0.1) is 12.4 Å². The molecule has 9 heteroatoms. The molecule has 0 bridgehead atoms. The Kier molecular flexibility index (Phi) is 10.3. The van der Waals surface area contributed by atoms with Gasteiger partial charge in [0.15, 0.2) is 0 Å². The molecule has 0 spiro atoms. The number of amides is 2. The second kappa shape index (κ2) is 13.0. The molecule has 0 aromatic heterocycles. The molecule has 2 amide bonds. The Balaban J connectivity index is 1.56. The molecule has 0 saturated heterocycles. The number of hydrogen-bond acceptors (Lipinski definition) is 5. The van der Waals surface area contributed by atoms with Crippen molar-refractivity contribution in [3.8, 4) is 0 Å². The number of hydrogen-bond donors (Lipinski definition) is 2. The maximum Gasteiger partial charge on any atom is 0.240 e. The molecular weight excluding hydrogens is 431 g/mol. The number of benzene rings is 2. The summed E-state index contributed by atoms with van der Waals surface area (Å²) in [6.45, 7) is 0. The molecule has 0 aliphatic carbocycles. The zero-order valence-corrected chi connectivity index (χ0v) is 17.8. The number of nitrogens with one attached hydrogen (secondary N) is 2. The van der Waals surface area contributed by atoms with Crippen LogP contribution in [0.5, 0.6) is 0 Å². The van der Waals surface area contributed by atoms with E-state index in [-0.39, 0.29) is 11.8 Å². The first kappa shape index (κ1) is 22.9. The zero-order valence-electron chi connectivity index (χ0n) is 15.5. The monoisotopic (exact) mass is 450 g/mol. The third-order valence-corrected chi connectivity index (χ3v) is 5.22. The zero-order chi connectivity index (χ0) is 20.9. The number of hydrazone groups is 2. The van der Waals surface area contributed by atoms with Crippen LogP contribution in [0.1, 0.15) is 24.0 Å². The van der Waals surface area contributed by atoms with Crippen molar-refractivity contribution in [2.24, 2.45) is 10.2 Å². The summed E-state index contributed by atoms with van der Waals surface area (Å²) in [4.78, 5) is 23.5. The van der Waals surface area contributed by atoms with Crippen LogP contribution in [0.3, 0.4) is 0 Å². The van der Waals surface area contributed by atoms with Gasteiger partial charge in [0.1, 0.15) is 0 Å². The molecule has 0 saturated carbocycles. The fourth-order valence-corrected chi connectivity index (χ4v) is 3.28. The quantitative estimate of drug-likeness (QED) is 0.324. The van der Waals surface area contributed by atoms with Crippen LogP contribution in [-0.4, -0.2) is 35.7 Å². The number of thioether (sulfide) groups is 1. The van der Waals surface area contributed by atoms with Crippen molar-refractivity contribution < 1.29 is 9.59 Å². The van der Waals surface area contributed by atoms with Crippen LogP contribution in [0.4, 0.5) is 0 Å². The first-order valence-corrected chi connectivity index (χ1v) is 10.7. The molecule has 0 radical (unpaired) electrons. The van der Waals surface area contributed by atoms with Crippen LogP contribution in [0.2, 0.25) is 10.0 Å². The lowest BCUT2D eigenvalue weighted by Gasteiger charge is -2.02. The molecule has 2 aromatic carbocycles. The lowest BCUT2D eigenvalue weighted by molar-refractivity contribution is -0.121. The summed E-state index contributed by atoms with van der Waals surface area (Å²) in [5.41, 5.74) is 6.37. The van der Waals surface area contributed by atoms with E-state index in [1.807, 2.05) is 24.3 Å². The number of rotatable bonds is 10. The Morgan fingerprint density at radius 3 is 1.62 bits per heavy atom. The molecule has 0 fully saturated rings. The van der Waals surface area contributed by atoms with E-state index in [9.17, 15) is 9.59 Å². The Labute approximate surface area is 183 Å². The van der Waals surface area contributed by atoms with E-state index in [1.54, 1.807) is 24.3 Å². The van der Waals surface area contributed by atoms with Crippen molar-refractivity contribution in [2.45, 2.75) is 12.8 Å². The minimum Gasteiger partial charge on any atom is -0.273 e. The predicted molar refractivity (Wildman–Crippen MR) is 121 cm³/mol. The highest BCUT2D eigenvalue weighted by Gasteiger charge is 2.03. The van der Waals surface area contributed by atoms with Gasteiger partial charge in [-0.2, -0.15) is 22.0 Å². The lowest BCUT2D eigenvalue weighted by atomic mass is 10.2. The van der Waals surface area contributed by atoms with Gasteiger partial charge < -0.3 is 0 Å². The minimum absolute atomic E-state index is 0.199. The third kappa shape index (κ3) is 9.13. The van der Waals surface area contributed by atoms with E-state index < -0.39 is 0 Å². The van der Waals surface area contributed by atoms with E-state index >= 15 is 0 Å². The van der Waals surface area contributed by atoms with Crippen LogP contribution in [0.25, 0.3) is 0 Å². The second-order valence-corrected chi connectivity index (χ2v) is 7.78. The molecule has 2 N–H and O–H groups in total. The minimum atomic E-state index is -0.199. The Hall–Kier alpha value is -2.35. The largest absolute Gasteiger partial charge is 0.273 e. The summed E-state index contributed by atoms with van der Waals surface area (Å²) in [5, 5.41) is 8.90. The number of halogens is 2. The number of carbonyl (C=O) groups excluding carboxylic acids is 2. The van der Waals surface area contributed by atoms with Gasteiger partial charge in [0, 0.05) is 45.5 Å². The second-order valence-electron chi connectivity index (χ2n) is 5.74. The third-order valence-electron chi connectivity index (χ3n) is 3.54. The number of nitrogens with zero attached hydrogens (tertiary/aromatic N) is 2. The lowest BCUT2D eigenvalue weighted by Crippen LogP contribution is -2.19. The van der Waals surface area contributed by atoms with Crippen LogP contribution in [0.15, 0.2) is 58.7 Å². The molecule has 0 aliphatic rings. The topological polar surface area (TPSA) is 82.9 Å². The molecular formula is C20H20Cl2N4O2S. The van der Waals surface area contributed by atoms with E-state index in [0.717, 1.165) is 11.1 Å². The van der Waals surface area contributed by atoms with Gasteiger partial charge in [0.25, 0.3) is 0 Å². The van der Waals surface area contributed by atoms with Crippen LogP contribution < -0.4 is 10.9 Å². The average Bonchev–Trinajstić information content (AvgIpc) is 2.70. The van der Waals surface area contributed by atoms with E-state index in [2.05, 4.69) is 21.1 Å². The summed E-state index contributed by atoms with van der Waals surface area (Å²) >= 11 is 13.5. The van der Waals surface area contributed by atoms with Crippen LogP contribution >= 0.6 is 35.0 Å². The van der Waals surface area contributed by atoms with Gasteiger partial charge in [-0.15, -0.1) is 0 Å². The van der Waals surface area contributed by atoms with Gasteiger partial charge in [-0.3, -0.25) is 9.59 Å². The molecule has 2 rings (SSSR count). The normalized spacial score (nSPS) is 11.1. The van der Waals surface area contributed by atoms with E-state index in [1.165, 1.54) is 24.2 Å². The van der Waals surface area contributed by atoms with Crippen LogP contribution in [0, 0.1) is 0 Å². The molecule has 0 aliphatic heterocycles. The Morgan fingerprint density at radius 2 is 1.21 bits per heavy atom.